The summed E-state index contributed by atoms with van der Waals surface area (Å²) >= 11 is 5.83. The molecule has 0 saturated carbocycles. The minimum absolute atomic E-state index is 0.152. The molecule has 0 saturated heterocycles. The van der Waals surface area contributed by atoms with Gasteiger partial charge in [0.2, 0.25) is 0 Å². The van der Waals surface area contributed by atoms with Crippen molar-refractivity contribution in [3.8, 4) is 5.69 Å². The maximum absolute atomic E-state index is 11.7. The van der Waals surface area contributed by atoms with Gasteiger partial charge in [0.15, 0.2) is 5.69 Å². The average molecular weight is 265 g/mol. The van der Waals surface area contributed by atoms with Crippen molar-refractivity contribution < 1.29 is 4.79 Å². The van der Waals surface area contributed by atoms with Gasteiger partial charge in [-0.2, -0.15) is 5.10 Å². The van der Waals surface area contributed by atoms with Crippen LogP contribution < -0.4 is 5.73 Å². The lowest BCUT2D eigenvalue weighted by molar-refractivity contribution is 0.0821. The van der Waals surface area contributed by atoms with Crippen LogP contribution in [0.15, 0.2) is 30.5 Å². The molecule has 2 rings (SSSR count). The summed E-state index contributed by atoms with van der Waals surface area (Å²) in [6.45, 7) is 0. The summed E-state index contributed by atoms with van der Waals surface area (Å²) in [5.74, 6) is -0.152. The third-order valence-corrected chi connectivity index (χ3v) is 2.69. The molecule has 0 spiro atoms. The molecule has 0 unspecified atom stereocenters. The van der Waals surface area contributed by atoms with Crippen molar-refractivity contribution >= 4 is 23.2 Å². The van der Waals surface area contributed by atoms with E-state index in [1.54, 1.807) is 49.2 Å². The molecule has 1 heterocycles. The molecule has 6 heteroatoms. The lowest BCUT2D eigenvalue weighted by Gasteiger charge is -2.08. The predicted octanol–water partition coefficient (Wildman–Crippen LogP) is 1.81. The van der Waals surface area contributed by atoms with Crippen molar-refractivity contribution in [2.75, 3.05) is 19.8 Å². The monoisotopic (exact) mass is 264 g/mol. The van der Waals surface area contributed by atoms with Crippen LogP contribution in [-0.2, 0) is 0 Å². The molecule has 1 aromatic heterocycles. The molecule has 2 N–H and O–H groups in total. The topological polar surface area (TPSA) is 64.2 Å². The van der Waals surface area contributed by atoms with E-state index >= 15 is 0 Å². The van der Waals surface area contributed by atoms with Gasteiger partial charge >= 0.3 is 0 Å². The Morgan fingerprint density at radius 1 is 1.39 bits per heavy atom. The van der Waals surface area contributed by atoms with Crippen LogP contribution >= 0.6 is 11.6 Å². The highest BCUT2D eigenvalue weighted by molar-refractivity contribution is 6.30. The van der Waals surface area contributed by atoms with Gasteiger partial charge in [0.05, 0.1) is 11.4 Å². The molecule has 1 aromatic carbocycles. The summed E-state index contributed by atoms with van der Waals surface area (Å²) in [6, 6.07) is 6.78. The number of carbonyl (C=O) groups excluding carboxylic acids is 1. The highest BCUT2D eigenvalue weighted by Gasteiger charge is 2.12. The molecule has 18 heavy (non-hydrogen) atoms. The van der Waals surface area contributed by atoms with E-state index in [-0.39, 0.29) is 5.91 Å². The Balaban J connectivity index is 2.38. The number of nitrogen functional groups attached to an aromatic ring is 1. The van der Waals surface area contributed by atoms with E-state index in [0.717, 1.165) is 0 Å². The number of halogens is 1. The van der Waals surface area contributed by atoms with Crippen molar-refractivity contribution in [3.05, 3.63) is 41.2 Å². The number of carbonyl (C=O) groups is 1. The highest BCUT2D eigenvalue weighted by Crippen LogP contribution is 2.21. The SMILES string of the molecule is CN(C)C(=O)c1ccn(-c2ccc(Cl)cc2N)n1. The zero-order valence-electron chi connectivity index (χ0n) is 10.1. The molecule has 0 atom stereocenters. The van der Waals surface area contributed by atoms with Crippen LogP contribution in [0.25, 0.3) is 5.69 Å². The second-order valence-electron chi connectivity index (χ2n) is 4.05. The Morgan fingerprint density at radius 2 is 2.11 bits per heavy atom. The van der Waals surface area contributed by atoms with Crippen LogP contribution in [0.3, 0.4) is 0 Å². The van der Waals surface area contributed by atoms with E-state index in [0.29, 0.717) is 22.1 Å². The van der Waals surface area contributed by atoms with Crippen molar-refractivity contribution in [1.29, 1.82) is 0 Å². The molecular weight excluding hydrogens is 252 g/mol. The Bertz CT molecular complexity index is 592. The molecule has 2 aromatic rings. The number of nitrogens with two attached hydrogens (primary N) is 1. The summed E-state index contributed by atoms with van der Waals surface area (Å²) in [4.78, 5) is 13.2. The number of hydrogen-bond donors (Lipinski definition) is 1. The molecule has 94 valence electrons. The van der Waals surface area contributed by atoms with Gasteiger partial charge in [-0.1, -0.05) is 11.6 Å². The minimum atomic E-state index is -0.152. The first-order valence-corrected chi connectivity index (χ1v) is 5.69. The lowest BCUT2D eigenvalue weighted by Crippen LogP contribution is -2.22. The largest absolute Gasteiger partial charge is 0.397 e. The maximum atomic E-state index is 11.7. The third kappa shape index (κ3) is 2.31. The summed E-state index contributed by atoms with van der Waals surface area (Å²) in [6.07, 6.45) is 1.69. The van der Waals surface area contributed by atoms with Crippen LogP contribution in [0.5, 0.6) is 0 Å². The van der Waals surface area contributed by atoms with E-state index in [1.807, 2.05) is 0 Å². The molecule has 0 radical (unpaired) electrons. The number of rotatable bonds is 2. The van der Waals surface area contributed by atoms with Gasteiger partial charge in [-0.15, -0.1) is 0 Å². The highest BCUT2D eigenvalue weighted by atomic mass is 35.5. The summed E-state index contributed by atoms with van der Waals surface area (Å²) < 4.78 is 1.56. The van der Waals surface area contributed by atoms with E-state index in [4.69, 9.17) is 17.3 Å². The number of hydrogen-bond acceptors (Lipinski definition) is 3. The lowest BCUT2D eigenvalue weighted by atomic mass is 10.3. The van der Waals surface area contributed by atoms with Crippen molar-refractivity contribution in [1.82, 2.24) is 14.7 Å². The van der Waals surface area contributed by atoms with E-state index in [2.05, 4.69) is 5.10 Å². The predicted molar refractivity (Wildman–Crippen MR) is 71.0 cm³/mol. The third-order valence-electron chi connectivity index (χ3n) is 2.45. The van der Waals surface area contributed by atoms with Gasteiger partial charge in [0, 0.05) is 25.3 Å². The van der Waals surface area contributed by atoms with Gasteiger partial charge < -0.3 is 10.6 Å². The first-order chi connectivity index (χ1) is 8.49. The van der Waals surface area contributed by atoms with Gasteiger partial charge in [-0.05, 0) is 24.3 Å². The van der Waals surface area contributed by atoms with Crippen LogP contribution in [0.1, 0.15) is 10.5 Å². The summed E-state index contributed by atoms with van der Waals surface area (Å²) in [7, 11) is 3.36. The molecule has 1 amide bonds. The van der Waals surface area contributed by atoms with Gasteiger partial charge in [-0.3, -0.25) is 4.79 Å². The fourth-order valence-electron chi connectivity index (χ4n) is 1.54. The summed E-state index contributed by atoms with van der Waals surface area (Å²) in [5, 5.41) is 4.76. The second kappa shape index (κ2) is 4.70. The van der Waals surface area contributed by atoms with Crippen LogP contribution in [0.2, 0.25) is 5.02 Å². The molecule has 0 aliphatic carbocycles. The molecular formula is C12H13ClN4O. The van der Waals surface area contributed by atoms with Crippen molar-refractivity contribution in [2.45, 2.75) is 0 Å². The first-order valence-electron chi connectivity index (χ1n) is 5.32. The van der Waals surface area contributed by atoms with E-state index < -0.39 is 0 Å². The molecule has 0 fully saturated rings. The Kier molecular flexibility index (Phi) is 3.25. The first kappa shape index (κ1) is 12.4. The standard InChI is InChI=1S/C12H13ClN4O/c1-16(2)12(18)10-5-6-17(15-10)11-4-3-8(13)7-9(11)14/h3-7H,14H2,1-2H3. The number of amides is 1. The summed E-state index contributed by atoms with van der Waals surface area (Å²) in [5.41, 5.74) is 7.43. The second-order valence-corrected chi connectivity index (χ2v) is 4.48. The minimum Gasteiger partial charge on any atom is -0.397 e. The smallest absolute Gasteiger partial charge is 0.273 e. The fraction of sp³-hybridized carbons (Fsp3) is 0.167. The van der Waals surface area contributed by atoms with Crippen LogP contribution in [0, 0.1) is 0 Å². The Labute approximate surface area is 110 Å². The van der Waals surface area contributed by atoms with Gasteiger partial charge in [0.1, 0.15) is 0 Å². The number of anilines is 1. The normalized spacial score (nSPS) is 10.4. The van der Waals surface area contributed by atoms with Gasteiger partial charge in [0.25, 0.3) is 5.91 Å². The average Bonchev–Trinajstić information content (AvgIpc) is 2.77. The van der Waals surface area contributed by atoms with Crippen LogP contribution in [-0.4, -0.2) is 34.7 Å². The quantitative estimate of drug-likeness (QED) is 0.842. The van der Waals surface area contributed by atoms with Gasteiger partial charge in [-0.25, -0.2) is 4.68 Å². The fourth-order valence-corrected chi connectivity index (χ4v) is 1.72. The zero-order valence-corrected chi connectivity index (χ0v) is 10.8. The number of aromatic nitrogens is 2. The number of nitrogens with zero attached hydrogens (tertiary/aromatic N) is 3. The molecule has 0 aliphatic heterocycles. The number of benzene rings is 1. The Morgan fingerprint density at radius 3 is 2.72 bits per heavy atom. The van der Waals surface area contributed by atoms with Crippen molar-refractivity contribution in [2.24, 2.45) is 0 Å². The maximum Gasteiger partial charge on any atom is 0.273 e. The molecule has 0 bridgehead atoms. The van der Waals surface area contributed by atoms with E-state index in [1.165, 1.54) is 4.90 Å². The molecule has 0 aliphatic rings. The van der Waals surface area contributed by atoms with E-state index in [9.17, 15) is 4.79 Å². The zero-order chi connectivity index (χ0) is 13.3. The van der Waals surface area contributed by atoms with Crippen molar-refractivity contribution in [3.63, 3.8) is 0 Å². The van der Waals surface area contributed by atoms with Crippen LogP contribution in [0.4, 0.5) is 5.69 Å². The Hall–Kier alpha value is -2.01. The molecule has 5 nitrogen and oxygen atoms in total.